The molecule has 2 aromatic heterocycles. The van der Waals surface area contributed by atoms with Gasteiger partial charge in [-0.05, 0) is 25.8 Å². The molecule has 0 aliphatic heterocycles. The van der Waals surface area contributed by atoms with E-state index in [2.05, 4.69) is 14.8 Å². The molecule has 2 heterocycles. The number of H-pyrrole nitrogens is 1. The molecule has 0 spiro atoms. The van der Waals surface area contributed by atoms with Crippen LogP contribution in [0.2, 0.25) is 0 Å². The molecule has 0 unspecified atom stereocenters. The van der Waals surface area contributed by atoms with E-state index >= 15 is 0 Å². The number of hydrogen-bond acceptors (Lipinski definition) is 2. The van der Waals surface area contributed by atoms with Crippen molar-refractivity contribution >= 4 is 5.78 Å². The maximum Gasteiger partial charge on any atom is 0.164 e. The Bertz CT molecular complexity index is 565. The van der Waals surface area contributed by atoms with Gasteiger partial charge in [-0.3, -0.25) is 9.89 Å². The fourth-order valence-electron chi connectivity index (χ4n) is 2.46. The molecule has 0 saturated heterocycles. The highest BCUT2D eigenvalue weighted by Crippen LogP contribution is 2.23. The Kier molecular flexibility index (Phi) is 2.35. The first-order valence-electron chi connectivity index (χ1n) is 5.96. The number of nitrogens with one attached hydrogen (secondary N) is 1. The number of hydrogen-bond donors (Lipinski definition) is 1. The minimum atomic E-state index is 0.286. The largest absolute Gasteiger partial charge is 0.346 e. The van der Waals surface area contributed by atoms with Crippen molar-refractivity contribution in [1.29, 1.82) is 0 Å². The minimum Gasteiger partial charge on any atom is -0.346 e. The summed E-state index contributed by atoms with van der Waals surface area (Å²) >= 11 is 0. The second kappa shape index (κ2) is 3.87. The molecule has 17 heavy (non-hydrogen) atoms. The minimum absolute atomic E-state index is 0.286. The molecule has 4 heteroatoms. The Hall–Kier alpha value is -1.84. The third kappa shape index (κ3) is 1.69. The van der Waals surface area contributed by atoms with Crippen molar-refractivity contribution in [2.24, 2.45) is 0 Å². The number of rotatable bonds is 2. The van der Waals surface area contributed by atoms with Crippen molar-refractivity contribution in [2.45, 2.75) is 32.7 Å². The summed E-state index contributed by atoms with van der Waals surface area (Å²) in [6, 6.07) is 1.95. The molecule has 1 aliphatic rings. The van der Waals surface area contributed by atoms with E-state index in [9.17, 15) is 4.79 Å². The summed E-state index contributed by atoms with van der Waals surface area (Å²) in [4.78, 5) is 11.7. The van der Waals surface area contributed by atoms with Crippen LogP contribution in [0.5, 0.6) is 0 Å². The number of nitrogens with zero attached hydrogens (tertiary/aromatic N) is 2. The third-order valence-corrected chi connectivity index (χ3v) is 3.47. The number of carbonyl (C=O) groups is 1. The first-order chi connectivity index (χ1) is 8.25. The van der Waals surface area contributed by atoms with Crippen molar-refractivity contribution < 1.29 is 4.79 Å². The molecule has 1 aliphatic carbocycles. The van der Waals surface area contributed by atoms with Crippen LogP contribution < -0.4 is 0 Å². The van der Waals surface area contributed by atoms with Crippen LogP contribution >= 0.6 is 0 Å². The van der Waals surface area contributed by atoms with Gasteiger partial charge in [0.25, 0.3) is 0 Å². The third-order valence-electron chi connectivity index (χ3n) is 3.47. The lowest BCUT2D eigenvalue weighted by Gasteiger charge is -2.14. The molecule has 2 aromatic rings. The Labute approximate surface area is 99.7 Å². The molecular formula is C13H15N3O. The summed E-state index contributed by atoms with van der Waals surface area (Å²) in [6.45, 7) is 2.81. The summed E-state index contributed by atoms with van der Waals surface area (Å²) < 4.78 is 2.17. The van der Waals surface area contributed by atoms with Crippen molar-refractivity contribution in [3.63, 3.8) is 0 Å². The maximum atomic E-state index is 11.7. The lowest BCUT2D eigenvalue weighted by Crippen LogP contribution is -2.13. The normalized spacial score (nSPS) is 15.0. The zero-order valence-electron chi connectivity index (χ0n) is 9.86. The van der Waals surface area contributed by atoms with E-state index in [0.29, 0.717) is 6.42 Å². The molecule has 0 aromatic carbocycles. The highest BCUT2D eigenvalue weighted by atomic mass is 16.1. The van der Waals surface area contributed by atoms with Gasteiger partial charge in [-0.15, -0.1) is 0 Å². The summed E-state index contributed by atoms with van der Waals surface area (Å²) in [6.07, 6.45) is 6.54. The quantitative estimate of drug-likeness (QED) is 0.857. The fourth-order valence-corrected chi connectivity index (χ4v) is 2.46. The molecule has 0 saturated carbocycles. The van der Waals surface area contributed by atoms with E-state index in [0.717, 1.165) is 30.6 Å². The zero-order chi connectivity index (χ0) is 11.8. The number of aromatic nitrogens is 3. The Morgan fingerprint density at radius 3 is 3.12 bits per heavy atom. The number of aromatic amines is 1. The van der Waals surface area contributed by atoms with Crippen molar-refractivity contribution in [3.05, 3.63) is 41.0 Å². The van der Waals surface area contributed by atoms with Gasteiger partial charge in [0.05, 0.1) is 12.7 Å². The van der Waals surface area contributed by atoms with Gasteiger partial charge < -0.3 is 4.57 Å². The van der Waals surface area contributed by atoms with Crippen LogP contribution in [0.3, 0.4) is 0 Å². The Balaban J connectivity index is 1.95. The standard InChI is InChI=1S/C13H15N3O/c1-9-10(7-14-15-9)8-16-6-5-11-12(16)3-2-4-13(11)17/h5-7H,2-4,8H2,1H3,(H,14,15). The number of aryl methyl sites for hydroxylation is 1. The van der Waals surface area contributed by atoms with Crippen LogP contribution in [-0.4, -0.2) is 20.5 Å². The highest BCUT2D eigenvalue weighted by molar-refractivity contribution is 5.98. The number of Topliss-reactive ketones (excluding diaryl/α,β-unsaturated/α-hetero) is 1. The maximum absolute atomic E-state index is 11.7. The molecule has 0 atom stereocenters. The van der Waals surface area contributed by atoms with Gasteiger partial charge in [0.1, 0.15) is 0 Å². The van der Waals surface area contributed by atoms with E-state index in [1.54, 1.807) is 0 Å². The Morgan fingerprint density at radius 2 is 2.35 bits per heavy atom. The monoisotopic (exact) mass is 229 g/mol. The summed E-state index contributed by atoms with van der Waals surface area (Å²) in [7, 11) is 0. The number of ketones is 1. The van der Waals surface area contributed by atoms with E-state index in [1.807, 2.05) is 25.4 Å². The van der Waals surface area contributed by atoms with E-state index < -0.39 is 0 Å². The summed E-state index contributed by atoms with van der Waals surface area (Å²) in [5.41, 5.74) is 4.37. The first kappa shape index (κ1) is 10.3. The number of carbonyl (C=O) groups excluding carboxylic acids is 1. The van der Waals surface area contributed by atoms with Crippen molar-refractivity contribution in [3.8, 4) is 0 Å². The van der Waals surface area contributed by atoms with Gasteiger partial charge in [0.15, 0.2) is 5.78 Å². The molecule has 0 bridgehead atoms. The Morgan fingerprint density at radius 1 is 1.47 bits per heavy atom. The topological polar surface area (TPSA) is 50.7 Å². The predicted molar refractivity (Wildman–Crippen MR) is 64.1 cm³/mol. The molecule has 1 N–H and O–H groups in total. The molecule has 0 amide bonds. The number of fused-ring (bicyclic) bond motifs is 1. The summed E-state index contributed by atoms with van der Waals surface area (Å²) in [5, 5.41) is 6.96. The second-order valence-corrected chi connectivity index (χ2v) is 4.60. The van der Waals surface area contributed by atoms with Crippen LogP contribution in [0.4, 0.5) is 0 Å². The predicted octanol–water partition coefficient (Wildman–Crippen LogP) is 2.09. The van der Waals surface area contributed by atoms with Gasteiger partial charge in [0.2, 0.25) is 0 Å². The average molecular weight is 229 g/mol. The lowest BCUT2D eigenvalue weighted by atomic mass is 9.97. The van der Waals surface area contributed by atoms with Crippen LogP contribution in [0, 0.1) is 6.92 Å². The molecule has 4 nitrogen and oxygen atoms in total. The van der Waals surface area contributed by atoms with E-state index in [4.69, 9.17) is 0 Å². The second-order valence-electron chi connectivity index (χ2n) is 4.60. The molecule has 0 fully saturated rings. The van der Waals surface area contributed by atoms with E-state index in [-0.39, 0.29) is 5.78 Å². The van der Waals surface area contributed by atoms with Crippen LogP contribution in [0.25, 0.3) is 0 Å². The van der Waals surface area contributed by atoms with Crippen molar-refractivity contribution in [1.82, 2.24) is 14.8 Å². The van der Waals surface area contributed by atoms with Crippen molar-refractivity contribution in [2.75, 3.05) is 0 Å². The zero-order valence-corrected chi connectivity index (χ0v) is 9.86. The summed E-state index contributed by atoms with van der Waals surface area (Å²) in [5.74, 6) is 0.286. The SMILES string of the molecule is Cc1[nH]ncc1Cn1ccc2c1CCCC2=O. The molecule has 0 radical (unpaired) electrons. The van der Waals surface area contributed by atoms with Gasteiger partial charge in [0, 0.05) is 35.1 Å². The average Bonchev–Trinajstić information content (AvgIpc) is 2.89. The fraction of sp³-hybridized carbons (Fsp3) is 0.385. The smallest absolute Gasteiger partial charge is 0.164 e. The molecule has 3 rings (SSSR count). The van der Waals surface area contributed by atoms with Gasteiger partial charge in [-0.1, -0.05) is 0 Å². The van der Waals surface area contributed by atoms with Crippen LogP contribution in [-0.2, 0) is 13.0 Å². The first-order valence-corrected chi connectivity index (χ1v) is 5.96. The van der Waals surface area contributed by atoms with E-state index in [1.165, 1.54) is 11.3 Å². The van der Waals surface area contributed by atoms with Gasteiger partial charge in [-0.2, -0.15) is 5.10 Å². The van der Waals surface area contributed by atoms with Gasteiger partial charge >= 0.3 is 0 Å². The molecular weight excluding hydrogens is 214 g/mol. The molecule has 88 valence electrons. The highest BCUT2D eigenvalue weighted by Gasteiger charge is 2.20. The lowest BCUT2D eigenvalue weighted by molar-refractivity contribution is 0.0972. The van der Waals surface area contributed by atoms with Crippen LogP contribution in [0.1, 0.15) is 40.2 Å². The van der Waals surface area contributed by atoms with Crippen LogP contribution in [0.15, 0.2) is 18.5 Å². The van der Waals surface area contributed by atoms with Gasteiger partial charge in [-0.25, -0.2) is 0 Å².